The number of ether oxygens (including phenoxy) is 1. The van der Waals surface area contributed by atoms with Crippen LogP contribution in [-0.4, -0.2) is 24.2 Å². The number of rotatable bonds is 4. The number of thioether (sulfide) groups is 1. The van der Waals surface area contributed by atoms with Crippen LogP contribution in [-0.2, 0) is 11.3 Å². The van der Waals surface area contributed by atoms with Gasteiger partial charge in [-0.2, -0.15) is 11.8 Å². The van der Waals surface area contributed by atoms with Gasteiger partial charge in [0.05, 0.1) is 19.3 Å². The van der Waals surface area contributed by atoms with Gasteiger partial charge in [0.1, 0.15) is 0 Å². The van der Waals surface area contributed by atoms with Crippen molar-refractivity contribution in [1.82, 2.24) is 5.32 Å². The Balaban J connectivity index is 1.68. The molecule has 2 nitrogen and oxygen atoms in total. The summed E-state index contributed by atoms with van der Waals surface area (Å²) in [4.78, 5) is 0. The maximum Gasteiger partial charge on any atom is 0.0721 e. The van der Waals surface area contributed by atoms with Crippen LogP contribution in [0.25, 0.3) is 0 Å². The summed E-state index contributed by atoms with van der Waals surface area (Å²) in [5, 5.41) is 3.69. The van der Waals surface area contributed by atoms with Crippen LogP contribution < -0.4 is 5.32 Å². The van der Waals surface area contributed by atoms with Gasteiger partial charge < -0.3 is 10.1 Å². The van der Waals surface area contributed by atoms with Crippen molar-refractivity contribution in [2.45, 2.75) is 30.2 Å². The van der Waals surface area contributed by atoms with Gasteiger partial charge in [-0.25, -0.2) is 0 Å². The molecule has 1 heterocycles. The SMILES string of the molecule is CSC1(CNC2COCc3ccccc32)CC1. The van der Waals surface area contributed by atoms with Gasteiger partial charge in [-0.15, -0.1) is 0 Å². The fourth-order valence-electron chi connectivity index (χ4n) is 2.45. The van der Waals surface area contributed by atoms with Crippen LogP contribution in [0.15, 0.2) is 24.3 Å². The monoisotopic (exact) mass is 249 g/mol. The second-order valence-corrected chi connectivity index (χ2v) is 6.31. The molecule has 2 aliphatic rings. The van der Waals surface area contributed by atoms with E-state index in [1.165, 1.54) is 24.0 Å². The van der Waals surface area contributed by atoms with E-state index < -0.39 is 0 Å². The molecular weight excluding hydrogens is 230 g/mol. The summed E-state index contributed by atoms with van der Waals surface area (Å²) in [5.41, 5.74) is 2.76. The summed E-state index contributed by atoms with van der Waals surface area (Å²) < 4.78 is 6.18. The van der Waals surface area contributed by atoms with Gasteiger partial charge >= 0.3 is 0 Å². The van der Waals surface area contributed by atoms with Crippen LogP contribution in [0.2, 0.25) is 0 Å². The molecule has 17 heavy (non-hydrogen) atoms. The van der Waals surface area contributed by atoms with E-state index in [0.29, 0.717) is 10.8 Å². The van der Waals surface area contributed by atoms with E-state index in [2.05, 4.69) is 35.8 Å². The van der Waals surface area contributed by atoms with Crippen molar-refractivity contribution in [2.24, 2.45) is 0 Å². The normalized spacial score (nSPS) is 25.4. The van der Waals surface area contributed by atoms with E-state index >= 15 is 0 Å². The molecule has 1 aliphatic carbocycles. The van der Waals surface area contributed by atoms with Crippen LogP contribution in [0.3, 0.4) is 0 Å². The maximum atomic E-state index is 5.66. The Kier molecular flexibility index (Phi) is 3.16. The predicted molar refractivity (Wildman–Crippen MR) is 72.3 cm³/mol. The summed E-state index contributed by atoms with van der Waals surface area (Å²) in [7, 11) is 0. The molecule has 1 saturated carbocycles. The van der Waals surface area contributed by atoms with Crippen LogP contribution in [0.1, 0.15) is 30.0 Å². The van der Waals surface area contributed by atoms with Crippen molar-refractivity contribution in [3.63, 3.8) is 0 Å². The highest BCUT2D eigenvalue weighted by Gasteiger charge is 2.42. The van der Waals surface area contributed by atoms with Crippen molar-refractivity contribution < 1.29 is 4.74 Å². The predicted octanol–water partition coefficient (Wildman–Crippen LogP) is 2.74. The van der Waals surface area contributed by atoms with Gasteiger partial charge in [0.25, 0.3) is 0 Å². The molecule has 0 amide bonds. The Hall–Kier alpha value is -0.510. The van der Waals surface area contributed by atoms with Crippen molar-refractivity contribution in [3.8, 4) is 0 Å². The van der Waals surface area contributed by atoms with E-state index in [1.54, 1.807) is 0 Å². The van der Waals surface area contributed by atoms with Gasteiger partial charge in [0.2, 0.25) is 0 Å². The molecule has 92 valence electrons. The first-order valence-corrected chi connectivity index (χ1v) is 7.50. The Morgan fingerprint density at radius 2 is 2.24 bits per heavy atom. The molecule has 1 N–H and O–H groups in total. The lowest BCUT2D eigenvalue weighted by Crippen LogP contribution is -2.34. The van der Waals surface area contributed by atoms with Crippen LogP contribution in [0.4, 0.5) is 0 Å². The van der Waals surface area contributed by atoms with Gasteiger partial charge in [0.15, 0.2) is 0 Å². The first-order valence-electron chi connectivity index (χ1n) is 6.27. The zero-order chi connectivity index (χ0) is 11.7. The molecule has 3 rings (SSSR count). The third kappa shape index (κ3) is 2.37. The molecule has 1 fully saturated rings. The average Bonchev–Trinajstić information content (AvgIpc) is 3.17. The highest BCUT2D eigenvalue weighted by atomic mass is 32.2. The average molecular weight is 249 g/mol. The molecule has 0 radical (unpaired) electrons. The minimum Gasteiger partial charge on any atom is -0.375 e. The highest BCUT2D eigenvalue weighted by Crippen LogP contribution is 2.46. The van der Waals surface area contributed by atoms with Crippen molar-refractivity contribution >= 4 is 11.8 Å². The molecule has 1 unspecified atom stereocenters. The van der Waals surface area contributed by atoms with Crippen LogP contribution in [0, 0.1) is 0 Å². The van der Waals surface area contributed by atoms with E-state index in [-0.39, 0.29) is 0 Å². The smallest absolute Gasteiger partial charge is 0.0721 e. The van der Waals surface area contributed by atoms with Gasteiger partial charge in [-0.1, -0.05) is 24.3 Å². The van der Waals surface area contributed by atoms with E-state index in [1.807, 2.05) is 11.8 Å². The fraction of sp³-hybridized carbons (Fsp3) is 0.571. The highest BCUT2D eigenvalue weighted by molar-refractivity contribution is 8.00. The molecular formula is C14H19NOS. The van der Waals surface area contributed by atoms with Crippen LogP contribution >= 0.6 is 11.8 Å². The van der Waals surface area contributed by atoms with Gasteiger partial charge in [0, 0.05) is 11.3 Å². The van der Waals surface area contributed by atoms with E-state index in [0.717, 1.165) is 19.8 Å². The van der Waals surface area contributed by atoms with Gasteiger partial charge in [-0.05, 0) is 30.2 Å². The molecule has 1 aromatic carbocycles. The lowest BCUT2D eigenvalue weighted by atomic mass is 9.99. The second-order valence-electron chi connectivity index (χ2n) is 5.03. The third-order valence-corrected chi connectivity index (χ3v) is 5.30. The standard InChI is InChI=1S/C14H19NOS/c1-17-14(6-7-14)10-15-13-9-16-8-11-4-2-3-5-12(11)13/h2-5,13,15H,6-10H2,1H3. The number of hydrogen-bond donors (Lipinski definition) is 1. The Bertz CT molecular complexity index is 403. The molecule has 0 bridgehead atoms. The zero-order valence-corrected chi connectivity index (χ0v) is 11.1. The molecule has 0 aromatic heterocycles. The first kappa shape index (κ1) is 11.6. The minimum absolute atomic E-state index is 0.379. The van der Waals surface area contributed by atoms with Crippen molar-refractivity contribution in [1.29, 1.82) is 0 Å². The Morgan fingerprint density at radius 1 is 1.41 bits per heavy atom. The van der Waals surface area contributed by atoms with Gasteiger partial charge in [-0.3, -0.25) is 0 Å². The lowest BCUT2D eigenvalue weighted by Gasteiger charge is -2.28. The van der Waals surface area contributed by atoms with Crippen molar-refractivity contribution in [2.75, 3.05) is 19.4 Å². The van der Waals surface area contributed by atoms with Crippen molar-refractivity contribution in [3.05, 3.63) is 35.4 Å². The molecule has 1 atom stereocenters. The topological polar surface area (TPSA) is 21.3 Å². The minimum atomic E-state index is 0.379. The Morgan fingerprint density at radius 3 is 3.00 bits per heavy atom. The zero-order valence-electron chi connectivity index (χ0n) is 10.2. The largest absolute Gasteiger partial charge is 0.375 e. The summed E-state index contributed by atoms with van der Waals surface area (Å²) in [6.07, 6.45) is 4.94. The molecule has 3 heteroatoms. The third-order valence-electron chi connectivity index (χ3n) is 3.88. The number of hydrogen-bond acceptors (Lipinski definition) is 3. The molecule has 0 saturated heterocycles. The first-order chi connectivity index (χ1) is 8.33. The molecule has 0 spiro atoms. The van der Waals surface area contributed by atoms with E-state index in [9.17, 15) is 0 Å². The number of fused-ring (bicyclic) bond motifs is 1. The maximum absolute atomic E-state index is 5.66. The Labute approximate surface area is 107 Å². The quantitative estimate of drug-likeness (QED) is 0.886. The summed E-state index contributed by atoms with van der Waals surface area (Å²) in [6.45, 7) is 2.68. The van der Waals surface area contributed by atoms with Crippen LogP contribution in [0.5, 0.6) is 0 Å². The molecule has 1 aromatic rings. The summed E-state index contributed by atoms with van der Waals surface area (Å²) in [5.74, 6) is 0. The number of nitrogens with one attached hydrogen (secondary N) is 1. The number of benzene rings is 1. The second kappa shape index (κ2) is 4.63. The van der Waals surface area contributed by atoms with E-state index in [4.69, 9.17) is 4.74 Å². The summed E-state index contributed by atoms with van der Waals surface area (Å²) >= 11 is 2.00. The summed E-state index contributed by atoms with van der Waals surface area (Å²) in [6, 6.07) is 9.00. The molecule has 1 aliphatic heterocycles. The lowest BCUT2D eigenvalue weighted by molar-refractivity contribution is 0.0822. The fourth-order valence-corrected chi connectivity index (χ4v) is 3.19.